The van der Waals surface area contributed by atoms with Crippen molar-refractivity contribution < 1.29 is 0 Å². The third kappa shape index (κ3) is 2.39. The Morgan fingerprint density at radius 1 is 1.33 bits per heavy atom. The molecule has 2 rings (SSSR count). The van der Waals surface area contributed by atoms with Crippen LogP contribution in [0, 0.1) is 5.92 Å². The van der Waals surface area contributed by atoms with Gasteiger partial charge in [0.1, 0.15) is 11.6 Å². The van der Waals surface area contributed by atoms with Crippen molar-refractivity contribution >= 4 is 11.6 Å². The number of hydrogen-bond acceptors (Lipinski definition) is 4. The molecule has 0 spiro atoms. The first-order valence-corrected chi connectivity index (χ1v) is 5.34. The molecule has 4 N–H and O–H groups in total. The molecule has 15 heavy (non-hydrogen) atoms. The van der Waals surface area contributed by atoms with E-state index in [4.69, 9.17) is 5.84 Å². The van der Waals surface area contributed by atoms with Gasteiger partial charge in [-0.25, -0.2) is 10.8 Å². The number of hydrogen-bond donors (Lipinski definition) is 3. The number of nitrogen functional groups attached to an aromatic ring is 1. The Balaban J connectivity index is 2.09. The fourth-order valence-electron chi connectivity index (χ4n) is 1.82. The van der Waals surface area contributed by atoms with Gasteiger partial charge in [0, 0.05) is 5.54 Å². The predicted octanol–water partition coefficient (Wildman–Crippen LogP) is 1.97. The number of pyridine rings is 1. The number of nitrogens with zero attached hydrogens (tertiary/aromatic N) is 1. The molecule has 1 aromatic rings. The van der Waals surface area contributed by atoms with Crippen LogP contribution < -0.4 is 16.6 Å². The summed E-state index contributed by atoms with van der Waals surface area (Å²) in [6, 6.07) is 5.74. The van der Waals surface area contributed by atoms with Crippen LogP contribution in [0.15, 0.2) is 18.2 Å². The van der Waals surface area contributed by atoms with Crippen LogP contribution in [0.2, 0.25) is 0 Å². The van der Waals surface area contributed by atoms with Gasteiger partial charge in [0.25, 0.3) is 0 Å². The van der Waals surface area contributed by atoms with E-state index in [1.54, 1.807) is 0 Å². The zero-order chi connectivity index (χ0) is 10.9. The summed E-state index contributed by atoms with van der Waals surface area (Å²) < 4.78 is 0. The summed E-state index contributed by atoms with van der Waals surface area (Å²) >= 11 is 0. The summed E-state index contributed by atoms with van der Waals surface area (Å²) in [5.41, 5.74) is 2.67. The minimum absolute atomic E-state index is 0.125. The second kappa shape index (κ2) is 3.70. The van der Waals surface area contributed by atoms with E-state index < -0.39 is 0 Å². The summed E-state index contributed by atoms with van der Waals surface area (Å²) in [6.45, 7) is 4.43. The van der Waals surface area contributed by atoms with Crippen LogP contribution in [0.4, 0.5) is 11.6 Å². The van der Waals surface area contributed by atoms with Crippen molar-refractivity contribution in [3.05, 3.63) is 18.2 Å². The zero-order valence-electron chi connectivity index (χ0n) is 9.25. The van der Waals surface area contributed by atoms with Crippen molar-refractivity contribution in [1.29, 1.82) is 0 Å². The lowest BCUT2D eigenvalue weighted by atomic mass is 9.99. The van der Waals surface area contributed by atoms with Gasteiger partial charge < -0.3 is 10.7 Å². The average molecular weight is 206 g/mol. The van der Waals surface area contributed by atoms with Gasteiger partial charge in [0.05, 0.1) is 0 Å². The molecule has 0 amide bonds. The second-order valence-electron chi connectivity index (χ2n) is 4.67. The molecule has 1 heterocycles. The normalized spacial score (nSPS) is 16.2. The van der Waals surface area contributed by atoms with E-state index in [1.807, 2.05) is 18.2 Å². The van der Waals surface area contributed by atoms with Gasteiger partial charge in [-0.3, -0.25) is 0 Å². The third-order valence-corrected chi connectivity index (χ3v) is 2.95. The molecule has 0 radical (unpaired) electrons. The molecule has 0 bridgehead atoms. The van der Waals surface area contributed by atoms with Crippen molar-refractivity contribution in [3.63, 3.8) is 0 Å². The summed E-state index contributed by atoms with van der Waals surface area (Å²) in [4.78, 5) is 4.34. The fourth-order valence-corrected chi connectivity index (χ4v) is 1.82. The van der Waals surface area contributed by atoms with Gasteiger partial charge in [-0.15, -0.1) is 0 Å². The molecule has 0 unspecified atom stereocenters. The van der Waals surface area contributed by atoms with Crippen LogP contribution in [0.25, 0.3) is 0 Å². The second-order valence-corrected chi connectivity index (χ2v) is 4.67. The Bertz CT molecular complexity index is 344. The van der Waals surface area contributed by atoms with Crippen LogP contribution >= 0.6 is 0 Å². The quantitative estimate of drug-likeness (QED) is 0.520. The Morgan fingerprint density at radius 2 is 2.00 bits per heavy atom. The monoisotopic (exact) mass is 206 g/mol. The number of nitrogens with one attached hydrogen (secondary N) is 2. The molecule has 1 fully saturated rings. The third-order valence-electron chi connectivity index (χ3n) is 2.95. The maximum atomic E-state index is 5.31. The Morgan fingerprint density at radius 3 is 2.60 bits per heavy atom. The van der Waals surface area contributed by atoms with E-state index in [-0.39, 0.29) is 5.54 Å². The lowest BCUT2D eigenvalue weighted by Crippen LogP contribution is -2.33. The molecule has 0 saturated heterocycles. The molecular weight excluding hydrogens is 188 g/mol. The smallest absolute Gasteiger partial charge is 0.142 e. The molecule has 1 saturated carbocycles. The Hall–Kier alpha value is -1.29. The molecule has 1 aliphatic carbocycles. The highest BCUT2D eigenvalue weighted by molar-refractivity contribution is 5.46. The first kappa shape index (κ1) is 10.2. The van der Waals surface area contributed by atoms with Crippen LogP contribution in [0.3, 0.4) is 0 Å². The van der Waals surface area contributed by atoms with Gasteiger partial charge >= 0.3 is 0 Å². The maximum Gasteiger partial charge on any atom is 0.142 e. The van der Waals surface area contributed by atoms with Gasteiger partial charge in [0.2, 0.25) is 0 Å². The molecule has 1 aliphatic rings. The van der Waals surface area contributed by atoms with Crippen LogP contribution in [-0.4, -0.2) is 10.5 Å². The summed E-state index contributed by atoms with van der Waals surface area (Å²) in [5, 5.41) is 3.45. The first-order valence-electron chi connectivity index (χ1n) is 5.34. The maximum absolute atomic E-state index is 5.31. The minimum Gasteiger partial charge on any atom is -0.365 e. The van der Waals surface area contributed by atoms with E-state index in [0.29, 0.717) is 5.82 Å². The molecular formula is C11H18N4. The highest BCUT2D eigenvalue weighted by Gasteiger charge is 2.37. The van der Waals surface area contributed by atoms with E-state index >= 15 is 0 Å². The number of aromatic nitrogens is 1. The standard InChI is InChI=1S/C11H18N4/c1-11(2,8-6-7-8)14-9-4-3-5-10(13-9)15-12/h3-5,8H,6-7,12H2,1-2H3,(H2,13,14,15). The van der Waals surface area contributed by atoms with Crippen molar-refractivity contribution in [2.24, 2.45) is 11.8 Å². The Kier molecular flexibility index (Phi) is 2.52. The van der Waals surface area contributed by atoms with Crippen molar-refractivity contribution in [2.45, 2.75) is 32.2 Å². The number of nitrogens with two attached hydrogens (primary N) is 1. The lowest BCUT2D eigenvalue weighted by Gasteiger charge is -2.26. The SMILES string of the molecule is CC(C)(Nc1cccc(NN)n1)C1CC1. The van der Waals surface area contributed by atoms with E-state index in [2.05, 4.69) is 29.6 Å². The fraction of sp³-hybridized carbons (Fsp3) is 0.545. The highest BCUT2D eigenvalue weighted by atomic mass is 15.3. The van der Waals surface area contributed by atoms with Crippen molar-refractivity contribution in [2.75, 3.05) is 10.7 Å². The molecule has 0 aromatic carbocycles. The van der Waals surface area contributed by atoms with Crippen LogP contribution in [-0.2, 0) is 0 Å². The minimum atomic E-state index is 0.125. The first-order chi connectivity index (χ1) is 7.12. The average Bonchev–Trinajstić information content (AvgIpc) is 3.00. The van der Waals surface area contributed by atoms with E-state index in [9.17, 15) is 0 Å². The van der Waals surface area contributed by atoms with Gasteiger partial charge in [-0.1, -0.05) is 6.07 Å². The molecule has 82 valence electrons. The topological polar surface area (TPSA) is 63.0 Å². The van der Waals surface area contributed by atoms with Gasteiger partial charge in [0.15, 0.2) is 0 Å². The van der Waals surface area contributed by atoms with Crippen LogP contribution in [0.5, 0.6) is 0 Å². The number of rotatable bonds is 4. The van der Waals surface area contributed by atoms with E-state index in [0.717, 1.165) is 11.7 Å². The van der Waals surface area contributed by atoms with Crippen molar-refractivity contribution in [3.8, 4) is 0 Å². The summed E-state index contributed by atoms with van der Waals surface area (Å²) in [5.74, 6) is 7.65. The highest BCUT2D eigenvalue weighted by Crippen LogP contribution is 2.40. The molecule has 1 aromatic heterocycles. The number of anilines is 2. The van der Waals surface area contributed by atoms with Gasteiger partial charge in [-0.05, 0) is 44.7 Å². The summed E-state index contributed by atoms with van der Waals surface area (Å²) in [7, 11) is 0. The zero-order valence-corrected chi connectivity index (χ0v) is 9.25. The largest absolute Gasteiger partial charge is 0.365 e. The molecule has 0 atom stereocenters. The van der Waals surface area contributed by atoms with Gasteiger partial charge in [-0.2, -0.15) is 0 Å². The van der Waals surface area contributed by atoms with Crippen molar-refractivity contribution in [1.82, 2.24) is 4.98 Å². The molecule has 4 nitrogen and oxygen atoms in total. The lowest BCUT2D eigenvalue weighted by molar-refractivity contribution is 0.492. The number of hydrazine groups is 1. The van der Waals surface area contributed by atoms with E-state index in [1.165, 1.54) is 12.8 Å². The predicted molar refractivity (Wildman–Crippen MR) is 62.5 cm³/mol. The van der Waals surface area contributed by atoms with Crippen LogP contribution in [0.1, 0.15) is 26.7 Å². The molecule has 4 heteroatoms. The summed E-state index contributed by atoms with van der Waals surface area (Å²) in [6.07, 6.45) is 2.63. The Labute approximate surface area is 90.2 Å². The molecule has 0 aliphatic heterocycles.